The van der Waals surface area contributed by atoms with Gasteiger partial charge in [0.2, 0.25) is 11.8 Å². The molecule has 3 aliphatic rings. The molecule has 0 radical (unpaired) electrons. The molecule has 33 heavy (non-hydrogen) atoms. The number of nitrogens with one attached hydrogen (secondary N) is 1. The normalized spacial score (nSPS) is 33.9. The lowest BCUT2D eigenvalue weighted by Gasteiger charge is -2.23. The molecule has 3 aromatic rings. The molecule has 0 aromatic carbocycles. The molecule has 0 spiro atoms. The number of aromatic nitrogens is 6. The van der Waals surface area contributed by atoms with Crippen molar-refractivity contribution in [3.63, 3.8) is 0 Å². The van der Waals surface area contributed by atoms with Crippen molar-refractivity contribution in [1.29, 1.82) is 0 Å². The fraction of sp³-hybridized carbons (Fsp3) is 0.682. The number of anilines is 1. The summed E-state index contributed by atoms with van der Waals surface area (Å²) in [7, 11) is 0. The number of aliphatic hydroxyl groups is 2. The van der Waals surface area contributed by atoms with Gasteiger partial charge in [-0.3, -0.25) is 4.57 Å². The SMILES string of the molecule is CC(C)(C)c1nnc([C@H]2O[C@@H](n3cnc4c(N[C@@H]5C[C@@H]6CC[C@H]5C6)ncnc43)[C@H](O)[C@@H]2O)o1. The molecule has 1 saturated heterocycles. The van der Waals surface area contributed by atoms with E-state index < -0.39 is 24.5 Å². The van der Waals surface area contributed by atoms with E-state index in [1.807, 2.05) is 20.8 Å². The van der Waals surface area contributed by atoms with E-state index in [0.29, 0.717) is 34.8 Å². The fourth-order valence-electron chi connectivity index (χ4n) is 5.49. The first-order valence-corrected chi connectivity index (χ1v) is 11.6. The summed E-state index contributed by atoms with van der Waals surface area (Å²) in [5, 5.41) is 33.2. The van der Waals surface area contributed by atoms with Gasteiger partial charge in [0.15, 0.2) is 29.3 Å². The Morgan fingerprint density at radius 1 is 1.06 bits per heavy atom. The van der Waals surface area contributed by atoms with Crippen LogP contribution in [0.4, 0.5) is 5.82 Å². The standard InChI is InChI=1S/C22H29N7O4/c1-22(2,3)21-28-27-19(33-21)16-14(30)15(31)20(32-16)29-9-25-13-17(23-8-24-18(13)29)26-12-7-10-4-5-11(12)6-10/h8-12,14-16,20,30-31H,4-7H2,1-3H3,(H,23,24,26)/t10-,11+,12-,14+,15-,16+,20-/m1/s1. The van der Waals surface area contributed by atoms with Crippen molar-refractivity contribution in [2.24, 2.45) is 11.8 Å². The number of hydrogen-bond acceptors (Lipinski definition) is 10. The zero-order valence-corrected chi connectivity index (χ0v) is 18.9. The molecule has 3 fully saturated rings. The maximum absolute atomic E-state index is 10.8. The number of ether oxygens (including phenoxy) is 1. The van der Waals surface area contributed by atoms with Crippen LogP contribution in [0, 0.1) is 11.8 Å². The van der Waals surface area contributed by atoms with E-state index >= 15 is 0 Å². The maximum atomic E-state index is 10.8. The summed E-state index contributed by atoms with van der Waals surface area (Å²) in [6, 6.07) is 0.404. The van der Waals surface area contributed by atoms with Crippen LogP contribution < -0.4 is 5.32 Å². The number of imidazole rings is 1. The molecule has 4 heterocycles. The maximum Gasteiger partial charge on any atom is 0.248 e. The molecule has 0 amide bonds. The van der Waals surface area contributed by atoms with E-state index in [-0.39, 0.29) is 11.3 Å². The Balaban J connectivity index is 1.27. The minimum atomic E-state index is -1.24. The van der Waals surface area contributed by atoms with Crippen molar-refractivity contribution in [3.05, 3.63) is 24.4 Å². The molecule has 2 saturated carbocycles. The minimum Gasteiger partial charge on any atom is -0.422 e. The van der Waals surface area contributed by atoms with Crippen LogP contribution in [0.25, 0.3) is 11.2 Å². The second-order valence-corrected chi connectivity index (χ2v) is 10.6. The molecular weight excluding hydrogens is 426 g/mol. The summed E-state index contributed by atoms with van der Waals surface area (Å²) in [5.74, 6) is 2.75. The predicted molar refractivity (Wildman–Crippen MR) is 116 cm³/mol. The van der Waals surface area contributed by atoms with Gasteiger partial charge in [0.25, 0.3) is 0 Å². The largest absolute Gasteiger partial charge is 0.422 e. The van der Waals surface area contributed by atoms with E-state index in [4.69, 9.17) is 9.15 Å². The Hall–Kier alpha value is -2.63. The van der Waals surface area contributed by atoms with E-state index in [1.165, 1.54) is 25.6 Å². The molecule has 11 heteroatoms. The lowest BCUT2D eigenvalue weighted by atomic mass is 9.95. The van der Waals surface area contributed by atoms with Crippen molar-refractivity contribution in [2.75, 3.05) is 5.32 Å². The molecule has 0 unspecified atom stereocenters. The number of rotatable bonds is 4. The first-order chi connectivity index (χ1) is 15.8. The third-order valence-electron chi connectivity index (χ3n) is 7.26. The van der Waals surface area contributed by atoms with Crippen LogP contribution in [0.5, 0.6) is 0 Å². The lowest BCUT2D eigenvalue weighted by molar-refractivity contribution is -0.0441. The minimum absolute atomic E-state index is 0.131. The molecule has 176 valence electrons. The highest BCUT2D eigenvalue weighted by Gasteiger charge is 2.48. The van der Waals surface area contributed by atoms with Gasteiger partial charge >= 0.3 is 0 Å². The smallest absolute Gasteiger partial charge is 0.248 e. The molecule has 6 rings (SSSR count). The zero-order chi connectivity index (χ0) is 22.9. The molecule has 11 nitrogen and oxygen atoms in total. The van der Waals surface area contributed by atoms with Gasteiger partial charge in [-0.25, -0.2) is 15.0 Å². The number of aliphatic hydroxyl groups excluding tert-OH is 2. The predicted octanol–water partition coefficient (Wildman–Crippen LogP) is 2.10. The number of nitrogens with zero attached hydrogens (tertiary/aromatic N) is 6. The van der Waals surface area contributed by atoms with Gasteiger partial charge in [0, 0.05) is 11.5 Å². The van der Waals surface area contributed by atoms with Gasteiger partial charge in [0.1, 0.15) is 18.5 Å². The molecule has 7 atom stereocenters. The van der Waals surface area contributed by atoms with Crippen LogP contribution >= 0.6 is 0 Å². The average molecular weight is 456 g/mol. The second kappa shape index (κ2) is 7.44. The summed E-state index contributed by atoms with van der Waals surface area (Å²) < 4.78 is 13.4. The van der Waals surface area contributed by atoms with Crippen LogP contribution in [-0.4, -0.2) is 58.2 Å². The Morgan fingerprint density at radius 3 is 2.61 bits per heavy atom. The summed E-state index contributed by atoms with van der Waals surface area (Å²) in [5.41, 5.74) is 0.794. The van der Waals surface area contributed by atoms with Crippen molar-refractivity contribution < 1.29 is 19.4 Å². The van der Waals surface area contributed by atoms with Gasteiger partial charge in [-0.05, 0) is 31.1 Å². The third kappa shape index (κ3) is 3.41. The summed E-state index contributed by atoms with van der Waals surface area (Å²) >= 11 is 0. The van der Waals surface area contributed by atoms with Crippen LogP contribution in [-0.2, 0) is 10.2 Å². The lowest BCUT2D eigenvalue weighted by Crippen LogP contribution is -2.29. The van der Waals surface area contributed by atoms with Crippen LogP contribution in [0.15, 0.2) is 17.1 Å². The van der Waals surface area contributed by atoms with Gasteiger partial charge in [0.05, 0.1) is 6.33 Å². The highest BCUT2D eigenvalue weighted by molar-refractivity contribution is 5.82. The topological polar surface area (TPSA) is 144 Å². The van der Waals surface area contributed by atoms with E-state index in [2.05, 4.69) is 30.5 Å². The molecular formula is C22H29N7O4. The van der Waals surface area contributed by atoms with Crippen molar-refractivity contribution in [2.45, 2.75) is 82.5 Å². The average Bonchev–Trinajstić information content (AvgIpc) is 3.57. The molecule has 3 aromatic heterocycles. The summed E-state index contributed by atoms with van der Waals surface area (Å²) in [6.45, 7) is 5.86. The molecule has 2 aliphatic carbocycles. The van der Waals surface area contributed by atoms with Gasteiger partial charge in [-0.15, -0.1) is 10.2 Å². The molecule has 2 bridgehead atoms. The van der Waals surface area contributed by atoms with Gasteiger partial charge in [-0.1, -0.05) is 27.2 Å². The van der Waals surface area contributed by atoms with E-state index in [1.54, 1.807) is 10.9 Å². The first kappa shape index (κ1) is 20.9. The third-order valence-corrected chi connectivity index (χ3v) is 7.26. The van der Waals surface area contributed by atoms with Crippen LogP contribution in [0.1, 0.15) is 70.6 Å². The van der Waals surface area contributed by atoms with Crippen LogP contribution in [0.3, 0.4) is 0 Å². The Kier molecular flexibility index (Phi) is 4.72. The Labute approximate surface area is 190 Å². The quantitative estimate of drug-likeness (QED) is 0.535. The Morgan fingerprint density at radius 2 is 1.91 bits per heavy atom. The molecule has 3 N–H and O–H groups in total. The van der Waals surface area contributed by atoms with Crippen LogP contribution in [0.2, 0.25) is 0 Å². The Bertz CT molecular complexity index is 1170. The first-order valence-electron chi connectivity index (χ1n) is 11.6. The summed E-state index contributed by atoms with van der Waals surface area (Å²) in [4.78, 5) is 13.3. The highest BCUT2D eigenvalue weighted by atomic mass is 16.6. The van der Waals surface area contributed by atoms with Gasteiger partial charge < -0.3 is 24.7 Å². The monoisotopic (exact) mass is 455 g/mol. The number of hydrogen-bond donors (Lipinski definition) is 3. The zero-order valence-electron chi connectivity index (χ0n) is 18.9. The second-order valence-electron chi connectivity index (χ2n) is 10.6. The fourth-order valence-corrected chi connectivity index (χ4v) is 5.49. The summed E-state index contributed by atoms with van der Waals surface area (Å²) in [6.07, 6.45) is 3.74. The van der Waals surface area contributed by atoms with E-state index in [0.717, 1.165) is 12.3 Å². The van der Waals surface area contributed by atoms with E-state index in [9.17, 15) is 10.2 Å². The van der Waals surface area contributed by atoms with Crippen molar-refractivity contribution in [3.8, 4) is 0 Å². The number of fused-ring (bicyclic) bond motifs is 3. The van der Waals surface area contributed by atoms with Crippen molar-refractivity contribution in [1.82, 2.24) is 29.7 Å². The van der Waals surface area contributed by atoms with Crippen molar-refractivity contribution >= 4 is 17.0 Å². The van der Waals surface area contributed by atoms with Gasteiger partial charge in [-0.2, -0.15) is 0 Å². The highest BCUT2D eigenvalue weighted by Crippen LogP contribution is 2.46. The molecule has 1 aliphatic heterocycles.